The van der Waals surface area contributed by atoms with Crippen LogP contribution in [-0.2, 0) is 11.3 Å². The van der Waals surface area contributed by atoms with Gasteiger partial charge in [0.2, 0.25) is 6.54 Å². The van der Waals surface area contributed by atoms with E-state index in [9.17, 15) is 10.0 Å². The average molecular weight is 431 g/mol. The fourth-order valence-electron chi connectivity index (χ4n) is 4.56. The highest BCUT2D eigenvalue weighted by Crippen LogP contribution is 2.43. The van der Waals surface area contributed by atoms with E-state index < -0.39 is 6.29 Å². The summed E-state index contributed by atoms with van der Waals surface area (Å²) in [6.07, 6.45) is 11.3. The number of rotatable bonds is 15. The van der Waals surface area contributed by atoms with Gasteiger partial charge < -0.3 is 9.84 Å². The van der Waals surface area contributed by atoms with Crippen LogP contribution in [0.4, 0.5) is 0 Å². The predicted octanol–water partition coefficient (Wildman–Crippen LogP) is 6.66. The highest BCUT2D eigenvalue weighted by molar-refractivity contribution is 5.13. The second kappa shape index (κ2) is 11.9. The molecular weight excluding hydrogens is 386 g/mol. The SMILES string of the molecule is CCC(C)(CC)CC(C)(CC)CC=CCC(CC[N+](=O)Cc1ccccc1)C1OC1O. The predicted molar refractivity (Wildman–Crippen MR) is 128 cm³/mol. The molecular formula is C27H44NO3+. The summed E-state index contributed by atoms with van der Waals surface area (Å²) in [5.41, 5.74) is 1.74. The molecule has 31 heavy (non-hydrogen) atoms. The van der Waals surface area contributed by atoms with Crippen LogP contribution in [0.3, 0.4) is 0 Å². The zero-order valence-electron chi connectivity index (χ0n) is 20.3. The van der Waals surface area contributed by atoms with E-state index in [4.69, 9.17) is 4.74 Å². The maximum Gasteiger partial charge on any atom is 0.217 e. The average Bonchev–Trinajstić information content (AvgIpc) is 3.50. The molecule has 1 aliphatic rings. The first-order chi connectivity index (χ1) is 14.7. The Hall–Kier alpha value is -1.52. The number of nitroso groups, excluding NO2 is 1. The van der Waals surface area contributed by atoms with Crippen LogP contribution in [-0.4, -0.2) is 28.8 Å². The monoisotopic (exact) mass is 430 g/mol. The van der Waals surface area contributed by atoms with E-state index in [1.807, 2.05) is 30.3 Å². The van der Waals surface area contributed by atoms with Crippen molar-refractivity contribution in [3.63, 3.8) is 0 Å². The molecule has 174 valence electrons. The van der Waals surface area contributed by atoms with E-state index in [1.54, 1.807) is 0 Å². The van der Waals surface area contributed by atoms with Gasteiger partial charge >= 0.3 is 0 Å². The standard InChI is InChI=1S/C27H44NO3/c1-6-26(4,7-2)21-27(5,8-3)18-13-12-16-23(24-25(29)31-24)17-19-28(30)20-22-14-10-9-11-15-22/h9-15,23-25,29H,6-8,16-21H2,1-5H3/q+1. The number of aliphatic hydroxyl groups is 1. The number of allylic oxidation sites excluding steroid dienone is 2. The maximum absolute atomic E-state index is 12.3. The van der Waals surface area contributed by atoms with Crippen molar-refractivity contribution in [2.45, 2.75) is 98.5 Å². The number of ether oxygens (including phenoxy) is 1. The van der Waals surface area contributed by atoms with Gasteiger partial charge in [0.15, 0.2) is 12.8 Å². The third kappa shape index (κ3) is 8.50. The normalized spacial score (nSPS) is 21.7. The Labute approximate surface area is 189 Å². The summed E-state index contributed by atoms with van der Waals surface area (Å²) >= 11 is 0. The number of aliphatic hydroxyl groups excluding tert-OH is 1. The van der Waals surface area contributed by atoms with Gasteiger partial charge in [-0.15, -0.1) is 0 Å². The quantitative estimate of drug-likeness (QED) is 0.192. The van der Waals surface area contributed by atoms with Gasteiger partial charge in [0.05, 0.1) is 0 Å². The zero-order chi connectivity index (χ0) is 22.9. The number of hydrogen-bond donors (Lipinski definition) is 1. The topological polar surface area (TPSA) is 52.8 Å². The lowest BCUT2D eigenvalue weighted by Crippen LogP contribution is -2.26. The van der Waals surface area contributed by atoms with Crippen molar-refractivity contribution in [2.75, 3.05) is 6.54 Å². The highest BCUT2D eigenvalue weighted by Gasteiger charge is 2.43. The summed E-state index contributed by atoms with van der Waals surface area (Å²) in [4.78, 5) is 12.3. The first-order valence-corrected chi connectivity index (χ1v) is 12.2. The Kier molecular flexibility index (Phi) is 9.90. The first kappa shape index (κ1) is 25.7. The first-order valence-electron chi connectivity index (χ1n) is 12.2. The van der Waals surface area contributed by atoms with Crippen molar-refractivity contribution in [2.24, 2.45) is 16.7 Å². The van der Waals surface area contributed by atoms with E-state index in [-0.39, 0.29) is 12.0 Å². The van der Waals surface area contributed by atoms with Crippen molar-refractivity contribution < 1.29 is 14.6 Å². The molecule has 4 heteroatoms. The molecule has 0 bridgehead atoms. The number of epoxide rings is 1. The molecule has 4 unspecified atom stereocenters. The van der Waals surface area contributed by atoms with Gasteiger partial charge in [-0.05, 0) is 36.0 Å². The van der Waals surface area contributed by atoms with Crippen LogP contribution < -0.4 is 0 Å². The van der Waals surface area contributed by atoms with Gasteiger partial charge in [-0.2, -0.15) is 0 Å². The van der Waals surface area contributed by atoms with Crippen LogP contribution in [0.5, 0.6) is 0 Å². The smallest absolute Gasteiger partial charge is 0.217 e. The van der Waals surface area contributed by atoms with E-state index in [1.165, 1.54) is 25.7 Å². The molecule has 0 saturated carbocycles. The van der Waals surface area contributed by atoms with Crippen LogP contribution in [0.25, 0.3) is 0 Å². The molecule has 1 aromatic rings. The number of hydrogen-bond acceptors (Lipinski definition) is 3. The molecule has 1 aliphatic heterocycles. The van der Waals surface area contributed by atoms with Gasteiger partial charge in [0.1, 0.15) is 6.10 Å². The van der Waals surface area contributed by atoms with Gasteiger partial charge in [-0.1, -0.05) is 96.4 Å². The van der Waals surface area contributed by atoms with Gasteiger partial charge in [0.25, 0.3) is 0 Å². The summed E-state index contributed by atoms with van der Waals surface area (Å²) in [7, 11) is 0. The lowest BCUT2D eigenvalue weighted by molar-refractivity contribution is -0.566. The molecule has 0 spiro atoms. The third-order valence-electron chi connectivity index (χ3n) is 7.55. The molecule has 0 radical (unpaired) electrons. The van der Waals surface area contributed by atoms with Crippen molar-refractivity contribution in [1.29, 1.82) is 0 Å². The largest absolute Gasteiger partial charge is 0.366 e. The van der Waals surface area contributed by atoms with Gasteiger partial charge in [0, 0.05) is 21.7 Å². The minimum atomic E-state index is -0.664. The molecule has 2 rings (SSSR count). The van der Waals surface area contributed by atoms with Crippen LogP contribution in [0, 0.1) is 21.7 Å². The Morgan fingerprint density at radius 3 is 2.23 bits per heavy atom. The van der Waals surface area contributed by atoms with Crippen molar-refractivity contribution >= 4 is 0 Å². The van der Waals surface area contributed by atoms with Gasteiger partial charge in [-0.25, -0.2) is 0 Å². The van der Waals surface area contributed by atoms with E-state index in [2.05, 4.69) is 46.8 Å². The van der Waals surface area contributed by atoms with Crippen molar-refractivity contribution in [3.05, 3.63) is 53.0 Å². The highest BCUT2D eigenvalue weighted by atomic mass is 16.7. The van der Waals surface area contributed by atoms with E-state index in [0.29, 0.717) is 23.9 Å². The Balaban J connectivity index is 1.85. The van der Waals surface area contributed by atoms with E-state index >= 15 is 0 Å². The summed E-state index contributed by atoms with van der Waals surface area (Å²) in [6.45, 7) is 12.6. The number of nitrogens with zero attached hydrogens (tertiary/aromatic N) is 1. The second-order valence-corrected chi connectivity index (χ2v) is 10.2. The molecule has 1 aromatic carbocycles. The summed E-state index contributed by atoms with van der Waals surface area (Å²) in [6, 6.07) is 9.83. The molecule has 1 heterocycles. The fraction of sp³-hybridized carbons (Fsp3) is 0.704. The molecule has 1 fully saturated rings. The van der Waals surface area contributed by atoms with Gasteiger partial charge in [-0.3, -0.25) is 0 Å². The summed E-state index contributed by atoms with van der Waals surface area (Å²) in [5.74, 6) is 0.183. The lowest BCUT2D eigenvalue weighted by Gasteiger charge is -2.38. The Bertz CT molecular complexity index is 698. The Morgan fingerprint density at radius 1 is 1.06 bits per heavy atom. The summed E-state index contributed by atoms with van der Waals surface area (Å²) in [5, 5.41) is 9.76. The molecule has 4 atom stereocenters. The molecule has 0 amide bonds. The minimum absolute atomic E-state index is 0.129. The maximum atomic E-state index is 12.3. The molecule has 1 N–H and O–H groups in total. The van der Waals surface area contributed by atoms with Crippen LogP contribution in [0.15, 0.2) is 42.5 Å². The molecule has 0 aromatic heterocycles. The molecule has 1 saturated heterocycles. The molecule has 0 aliphatic carbocycles. The summed E-state index contributed by atoms with van der Waals surface area (Å²) < 4.78 is 6.46. The lowest BCUT2D eigenvalue weighted by atomic mass is 9.67. The zero-order valence-corrected chi connectivity index (χ0v) is 20.3. The van der Waals surface area contributed by atoms with Crippen molar-refractivity contribution in [3.8, 4) is 0 Å². The van der Waals surface area contributed by atoms with E-state index in [0.717, 1.165) is 29.6 Å². The Morgan fingerprint density at radius 2 is 1.68 bits per heavy atom. The fourth-order valence-corrected chi connectivity index (χ4v) is 4.56. The van der Waals surface area contributed by atoms with Crippen molar-refractivity contribution in [1.82, 2.24) is 0 Å². The number of benzene rings is 1. The molecule has 4 nitrogen and oxygen atoms in total. The minimum Gasteiger partial charge on any atom is -0.366 e. The van der Waals surface area contributed by atoms with Crippen LogP contribution in [0.1, 0.15) is 85.1 Å². The third-order valence-corrected chi connectivity index (χ3v) is 7.55. The van der Waals surface area contributed by atoms with Crippen LogP contribution in [0.2, 0.25) is 0 Å². The van der Waals surface area contributed by atoms with Crippen LogP contribution >= 0.6 is 0 Å². The second-order valence-electron chi connectivity index (χ2n) is 10.2.